The number of hydrogen-bond acceptors (Lipinski definition) is 2. The van der Waals surface area contributed by atoms with E-state index in [4.69, 9.17) is 0 Å². The van der Waals surface area contributed by atoms with E-state index in [0.29, 0.717) is 0 Å². The molecule has 0 spiro atoms. The van der Waals surface area contributed by atoms with Gasteiger partial charge in [0.15, 0.2) is 0 Å². The third kappa shape index (κ3) is 5.16. The van der Waals surface area contributed by atoms with Crippen LogP contribution in [0.15, 0.2) is 11.0 Å². The van der Waals surface area contributed by atoms with Crippen molar-refractivity contribution in [3.05, 3.63) is 27.9 Å². The summed E-state index contributed by atoms with van der Waals surface area (Å²) in [6.07, 6.45) is 10.5. The predicted octanol–water partition coefficient (Wildman–Crippen LogP) is 3.24. The number of rotatable bonds is 8. The molecule has 1 aromatic heterocycles. The second kappa shape index (κ2) is 8.04. The molecule has 3 heteroatoms. The number of hydrogen-bond donors (Lipinski definition) is 1. The van der Waals surface area contributed by atoms with Crippen LogP contribution in [-0.2, 0) is 12.8 Å². The van der Waals surface area contributed by atoms with E-state index in [9.17, 15) is 4.79 Å². The molecule has 1 aromatic rings. The van der Waals surface area contributed by atoms with E-state index >= 15 is 0 Å². The molecule has 0 atom stereocenters. The molecule has 0 aliphatic heterocycles. The summed E-state index contributed by atoms with van der Waals surface area (Å²) in [5.74, 6) is 0. The van der Waals surface area contributed by atoms with Gasteiger partial charge < -0.3 is 4.98 Å². The molecule has 17 heavy (non-hydrogen) atoms. The Morgan fingerprint density at radius 1 is 1.06 bits per heavy atom. The average Bonchev–Trinajstić information content (AvgIpc) is 2.32. The largest absolute Gasteiger partial charge is 0.323 e. The molecule has 0 aromatic carbocycles. The van der Waals surface area contributed by atoms with Gasteiger partial charge in [0.2, 0.25) is 0 Å². The maximum absolute atomic E-state index is 11.3. The van der Waals surface area contributed by atoms with Crippen molar-refractivity contribution in [2.24, 2.45) is 0 Å². The Hall–Kier alpha value is -1.12. The Bertz CT molecular complexity index is 371. The minimum atomic E-state index is -0.0734. The van der Waals surface area contributed by atoms with Gasteiger partial charge in [0.25, 0.3) is 5.56 Å². The summed E-state index contributed by atoms with van der Waals surface area (Å²) in [5.41, 5.74) is 2.08. The number of H-pyrrole nitrogens is 1. The Labute approximate surface area is 104 Å². The highest BCUT2D eigenvalue weighted by atomic mass is 16.1. The van der Waals surface area contributed by atoms with E-state index in [-0.39, 0.29) is 5.56 Å². The van der Waals surface area contributed by atoms with E-state index in [0.717, 1.165) is 37.1 Å². The SMILES string of the molecule is CCCCCc1ncc(=O)[nH]c1CCCCC. The van der Waals surface area contributed by atoms with Crippen molar-refractivity contribution < 1.29 is 0 Å². The number of aryl methyl sites for hydroxylation is 2. The summed E-state index contributed by atoms with van der Waals surface area (Å²) < 4.78 is 0. The maximum Gasteiger partial charge on any atom is 0.266 e. The zero-order valence-electron chi connectivity index (χ0n) is 11.1. The van der Waals surface area contributed by atoms with Gasteiger partial charge >= 0.3 is 0 Å². The monoisotopic (exact) mass is 236 g/mol. The molecular weight excluding hydrogens is 212 g/mol. The first-order valence-electron chi connectivity index (χ1n) is 6.85. The minimum absolute atomic E-state index is 0.0734. The Kier molecular flexibility index (Phi) is 6.60. The van der Waals surface area contributed by atoms with Crippen molar-refractivity contribution in [3.8, 4) is 0 Å². The van der Waals surface area contributed by atoms with Crippen LogP contribution < -0.4 is 5.56 Å². The number of nitrogens with zero attached hydrogens (tertiary/aromatic N) is 1. The first-order chi connectivity index (χ1) is 8.27. The van der Waals surface area contributed by atoms with Crippen molar-refractivity contribution in [1.29, 1.82) is 0 Å². The second-order valence-corrected chi connectivity index (χ2v) is 4.59. The average molecular weight is 236 g/mol. The number of aromatic amines is 1. The lowest BCUT2D eigenvalue weighted by Crippen LogP contribution is -2.13. The highest BCUT2D eigenvalue weighted by molar-refractivity contribution is 5.11. The molecular formula is C14H24N2O. The standard InChI is InChI=1S/C14H24N2O/c1-3-5-7-9-12-13(10-8-6-4-2)16-14(17)11-15-12/h11H,3-10H2,1-2H3,(H,16,17). The van der Waals surface area contributed by atoms with Crippen molar-refractivity contribution in [3.63, 3.8) is 0 Å². The first-order valence-corrected chi connectivity index (χ1v) is 6.85. The van der Waals surface area contributed by atoms with Gasteiger partial charge in [-0.25, -0.2) is 0 Å². The van der Waals surface area contributed by atoms with Gasteiger partial charge in [-0.15, -0.1) is 0 Å². The summed E-state index contributed by atoms with van der Waals surface area (Å²) in [5, 5.41) is 0. The van der Waals surface area contributed by atoms with Crippen molar-refractivity contribution >= 4 is 0 Å². The highest BCUT2D eigenvalue weighted by Gasteiger charge is 2.04. The van der Waals surface area contributed by atoms with Gasteiger partial charge in [-0.3, -0.25) is 9.78 Å². The minimum Gasteiger partial charge on any atom is -0.323 e. The van der Waals surface area contributed by atoms with Crippen LogP contribution >= 0.6 is 0 Å². The summed E-state index contributed by atoms with van der Waals surface area (Å²) >= 11 is 0. The molecule has 0 bridgehead atoms. The van der Waals surface area contributed by atoms with E-state index in [1.54, 1.807) is 0 Å². The zero-order chi connectivity index (χ0) is 12.5. The molecule has 0 unspecified atom stereocenters. The molecule has 1 heterocycles. The van der Waals surface area contributed by atoms with E-state index in [2.05, 4.69) is 23.8 Å². The van der Waals surface area contributed by atoms with Crippen LogP contribution in [0.1, 0.15) is 63.8 Å². The van der Waals surface area contributed by atoms with Crippen molar-refractivity contribution in [2.75, 3.05) is 0 Å². The lowest BCUT2D eigenvalue weighted by molar-refractivity contribution is 0.669. The van der Waals surface area contributed by atoms with Crippen LogP contribution in [0.4, 0.5) is 0 Å². The van der Waals surface area contributed by atoms with Crippen LogP contribution in [0.25, 0.3) is 0 Å². The van der Waals surface area contributed by atoms with Crippen LogP contribution in [-0.4, -0.2) is 9.97 Å². The number of unbranched alkanes of at least 4 members (excludes halogenated alkanes) is 4. The van der Waals surface area contributed by atoms with Crippen LogP contribution in [0.2, 0.25) is 0 Å². The molecule has 0 aliphatic rings. The van der Waals surface area contributed by atoms with Crippen molar-refractivity contribution in [1.82, 2.24) is 9.97 Å². The summed E-state index contributed by atoms with van der Waals surface area (Å²) in [6.45, 7) is 4.39. The quantitative estimate of drug-likeness (QED) is 0.704. The van der Waals surface area contributed by atoms with Gasteiger partial charge in [0.1, 0.15) is 0 Å². The molecule has 0 aliphatic carbocycles. The van der Waals surface area contributed by atoms with Gasteiger partial charge in [-0.1, -0.05) is 39.5 Å². The third-order valence-corrected chi connectivity index (χ3v) is 3.01. The molecule has 3 nitrogen and oxygen atoms in total. The Morgan fingerprint density at radius 3 is 2.35 bits per heavy atom. The third-order valence-electron chi connectivity index (χ3n) is 3.01. The van der Waals surface area contributed by atoms with Gasteiger partial charge in [0.05, 0.1) is 11.9 Å². The predicted molar refractivity (Wildman–Crippen MR) is 71.3 cm³/mol. The fourth-order valence-electron chi connectivity index (χ4n) is 1.98. The molecule has 0 saturated heterocycles. The molecule has 0 amide bonds. The molecule has 1 rings (SSSR count). The summed E-state index contributed by atoms with van der Waals surface area (Å²) in [6, 6.07) is 0. The Balaban J connectivity index is 2.62. The highest BCUT2D eigenvalue weighted by Crippen LogP contribution is 2.10. The maximum atomic E-state index is 11.3. The normalized spacial score (nSPS) is 10.7. The second-order valence-electron chi connectivity index (χ2n) is 4.59. The van der Waals surface area contributed by atoms with Crippen molar-refractivity contribution in [2.45, 2.75) is 65.2 Å². The fraction of sp³-hybridized carbons (Fsp3) is 0.714. The lowest BCUT2D eigenvalue weighted by Gasteiger charge is -2.07. The molecule has 0 saturated carbocycles. The molecule has 96 valence electrons. The fourth-order valence-corrected chi connectivity index (χ4v) is 1.98. The lowest BCUT2D eigenvalue weighted by atomic mass is 10.1. The Morgan fingerprint density at radius 2 is 1.71 bits per heavy atom. The molecule has 1 N–H and O–H groups in total. The number of nitrogens with one attached hydrogen (secondary N) is 1. The zero-order valence-corrected chi connectivity index (χ0v) is 11.1. The van der Waals surface area contributed by atoms with E-state index in [1.807, 2.05) is 0 Å². The molecule has 0 radical (unpaired) electrons. The summed E-state index contributed by atoms with van der Waals surface area (Å²) in [7, 11) is 0. The topological polar surface area (TPSA) is 45.8 Å². The van der Waals surface area contributed by atoms with Gasteiger partial charge in [-0.05, 0) is 25.7 Å². The smallest absolute Gasteiger partial charge is 0.266 e. The number of aromatic nitrogens is 2. The van der Waals surface area contributed by atoms with Crippen LogP contribution in [0.3, 0.4) is 0 Å². The van der Waals surface area contributed by atoms with E-state index < -0.39 is 0 Å². The molecule has 0 fully saturated rings. The van der Waals surface area contributed by atoms with Gasteiger partial charge in [0, 0.05) is 5.69 Å². The van der Waals surface area contributed by atoms with Gasteiger partial charge in [-0.2, -0.15) is 0 Å². The summed E-state index contributed by atoms with van der Waals surface area (Å²) in [4.78, 5) is 18.5. The van der Waals surface area contributed by atoms with E-state index in [1.165, 1.54) is 31.9 Å². The van der Waals surface area contributed by atoms with Crippen LogP contribution in [0.5, 0.6) is 0 Å². The van der Waals surface area contributed by atoms with Crippen LogP contribution in [0, 0.1) is 0 Å². The first kappa shape index (κ1) is 13.9.